The van der Waals surface area contributed by atoms with Gasteiger partial charge >= 0.3 is 183 Å². The third-order valence-corrected chi connectivity index (χ3v) is 10.2. The van der Waals surface area contributed by atoms with Crippen molar-refractivity contribution in [3.05, 3.63) is 131 Å². The molecule has 0 aliphatic heterocycles. The van der Waals surface area contributed by atoms with Gasteiger partial charge in [-0.3, -0.25) is 0 Å². The Morgan fingerprint density at radius 1 is 0.621 bits per heavy atom. The van der Waals surface area contributed by atoms with E-state index in [1.807, 2.05) is 11.8 Å². The van der Waals surface area contributed by atoms with Gasteiger partial charge < -0.3 is 0 Å². The summed E-state index contributed by atoms with van der Waals surface area (Å²) in [7, 11) is 0. The van der Waals surface area contributed by atoms with Crippen LogP contribution in [0.15, 0.2) is 125 Å². The third kappa shape index (κ3) is 5.30. The molecule has 0 bridgehead atoms. The normalized spacial score (nSPS) is 11.6. The fourth-order valence-electron chi connectivity index (χ4n) is 3.00. The molecule has 0 saturated carbocycles. The molecule has 0 aromatic heterocycles. The Labute approximate surface area is 182 Å². The minimum atomic E-state index is -1.34. The first-order valence-corrected chi connectivity index (χ1v) is 13.2. The quantitative estimate of drug-likeness (QED) is 0.253. The average Bonchev–Trinajstić information content (AvgIpc) is 2.80. The van der Waals surface area contributed by atoms with Gasteiger partial charge in [0.25, 0.3) is 0 Å². The maximum absolute atomic E-state index is 2.53. The average molecular weight is 459 g/mol. The Kier molecular flexibility index (Phi) is 6.69. The maximum atomic E-state index is 2.53. The van der Waals surface area contributed by atoms with Crippen LogP contribution in [0, 0.1) is 6.92 Å². The van der Waals surface area contributed by atoms with Crippen molar-refractivity contribution in [2.45, 2.75) is 11.8 Å². The van der Waals surface area contributed by atoms with Crippen molar-refractivity contribution in [3.8, 4) is 0 Å². The zero-order valence-corrected chi connectivity index (χ0v) is 18.9. The summed E-state index contributed by atoms with van der Waals surface area (Å²) in [6.07, 6.45) is 0. The first-order chi connectivity index (χ1) is 14.3. The van der Waals surface area contributed by atoms with Crippen molar-refractivity contribution < 1.29 is 0 Å². The molecule has 0 aliphatic rings. The van der Waals surface area contributed by atoms with Crippen LogP contribution in [0.4, 0.5) is 0 Å². The molecule has 0 nitrogen and oxygen atoms in total. The van der Waals surface area contributed by atoms with Gasteiger partial charge in [-0.15, -0.1) is 0 Å². The summed E-state index contributed by atoms with van der Waals surface area (Å²) in [4.78, 5) is 5.13. The summed E-state index contributed by atoms with van der Waals surface area (Å²) < 4.78 is 2.85. The Hall–Kier alpha value is -2.51. The molecule has 4 aromatic rings. The van der Waals surface area contributed by atoms with Gasteiger partial charge in [0.2, 0.25) is 0 Å². The summed E-state index contributed by atoms with van der Waals surface area (Å²) in [6.45, 7) is 2.13. The molecular weight excluding hydrogens is 435 g/mol. The Morgan fingerprint density at radius 3 is 1.62 bits per heavy atom. The molecule has 0 heterocycles. The van der Waals surface area contributed by atoms with Gasteiger partial charge in [-0.1, -0.05) is 0 Å². The van der Waals surface area contributed by atoms with Gasteiger partial charge in [-0.25, -0.2) is 0 Å². The number of hydrogen-bond acceptors (Lipinski definition) is 1. The minimum absolute atomic E-state index is 1.28. The molecule has 2 heteroatoms. The van der Waals surface area contributed by atoms with Crippen molar-refractivity contribution >= 4 is 39.5 Å². The van der Waals surface area contributed by atoms with Crippen LogP contribution in [0.3, 0.4) is 0 Å². The van der Waals surface area contributed by atoms with Crippen LogP contribution < -0.4 is 8.92 Å². The van der Waals surface area contributed by atoms with E-state index in [4.69, 9.17) is 0 Å². The van der Waals surface area contributed by atoms with Crippen LogP contribution in [-0.2, 0) is 0 Å². The van der Waals surface area contributed by atoms with Crippen molar-refractivity contribution in [2.24, 2.45) is 0 Å². The molecule has 0 radical (unpaired) electrons. The van der Waals surface area contributed by atoms with Crippen molar-refractivity contribution in [1.29, 1.82) is 0 Å². The number of rotatable bonds is 6. The second-order valence-corrected chi connectivity index (χ2v) is 11.7. The zero-order valence-electron chi connectivity index (χ0n) is 16.4. The number of aryl methyl sites for hydroxylation is 1. The van der Waals surface area contributed by atoms with E-state index in [0.29, 0.717) is 0 Å². The van der Waals surface area contributed by atoms with Gasteiger partial charge in [0.1, 0.15) is 0 Å². The SMILES string of the molecule is Cc1ccc(S/C(=C\[Se+](c2ccccc2)c2ccccc2)c2ccccc2)cc1. The molecule has 0 aliphatic carbocycles. The standard InChI is InChI=1S/C27H23SSe/c1-22-17-19-24(20-18-22)28-27(23-11-5-2-6-12-23)21-29(25-13-7-3-8-14-25)26-15-9-4-10-16-26/h2-21H,1H3/q+1/b27-21-. The fraction of sp³-hybridized carbons (Fsp3) is 0.0370. The van der Waals surface area contributed by atoms with Crippen LogP contribution >= 0.6 is 11.8 Å². The first kappa shape index (κ1) is 19.8. The van der Waals surface area contributed by atoms with E-state index in [-0.39, 0.29) is 0 Å². The van der Waals surface area contributed by atoms with E-state index in [1.165, 1.54) is 29.9 Å². The predicted octanol–water partition coefficient (Wildman–Crippen LogP) is 5.98. The number of thioether (sulfide) groups is 1. The van der Waals surface area contributed by atoms with E-state index in [0.717, 1.165) is 0 Å². The van der Waals surface area contributed by atoms with Gasteiger partial charge in [0, 0.05) is 0 Å². The molecule has 29 heavy (non-hydrogen) atoms. The molecule has 0 spiro atoms. The van der Waals surface area contributed by atoms with Crippen LogP contribution in [0.2, 0.25) is 0 Å². The predicted molar refractivity (Wildman–Crippen MR) is 129 cm³/mol. The molecule has 142 valence electrons. The van der Waals surface area contributed by atoms with Gasteiger partial charge in [0.05, 0.1) is 0 Å². The summed E-state index contributed by atoms with van der Waals surface area (Å²) in [6, 6.07) is 41.5. The topological polar surface area (TPSA) is 0 Å². The Bertz CT molecular complexity index is 1020. The molecule has 0 amide bonds. The van der Waals surface area contributed by atoms with E-state index >= 15 is 0 Å². The molecule has 0 unspecified atom stereocenters. The summed E-state index contributed by atoms with van der Waals surface area (Å²) in [5, 5.41) is 0. The second kappa shape index (κ2) is 9.80. The molecule has 0 N–H and O–H groups in total. The van der Waals surface area contributed by atoms with Crippen LogP contribution in [-0.4, -0.2) is 13.9 Å². The van der Waals surface area contributed by atoms with Crippen molar-refractivity contribution in [1.82, 2.24) is 0 Å². The molecule has 4 aromatic carbocycles. The van der Waals surface area contributed by atoms with Gasteiger partial charge in [-0.05, 0) is 0 Å². The Balaban J connectivity index is 1.80. The van der Waals surface area contributed by atoms with E-state index in [2.05, 4.69) is 127 Å². The fourth-order valence-corrected chi connectivity index (χ4v) is 8.40. The monoisotopic (exact) mass is 459 g/mol. The molecular formula is C27H23SSe+. The second-order valence-electron chi connectivity index (χ2n) is 6.73. The van der Waals surface area contributed by atoms with E-state index in [1.54, 1.807) is 0 Å². The van der Waals surface area contributed by atoms with Gasteiger partial charge in [-0.2, -0.15) is 0 Å². The molecule has 0 saturated heterocycles. The van der Waals surface area contributed by atoms with Crippen molar-refractivity contribution in [3.63, 3.8) is 0 Å². The molecule has 0 fully saturated rings. The molecule has 0 atom stereocenters. The van der Waals surface area contributed by atoms with E-state index < -0.39 is 13.9 Å². The summed E-state index contributed by atoms with van der Waals surface area (Å²) >= 11 is 0.520. The summed E-state index contributed by atoms with van der Waals surface area (Å²) in [5.74, 6) is 0. The Morgan fingerprint density at radius 2 is 1.10 bits per heavy atom. The molecule has 4 rings (SSSR count). The third-order valence-electron chi connectivity index (χ3n) is 4.53. The van der Waals surface area contributed by atoms with Crippen molar-refractivity contribution in [2.75, 3.05) is 0 Å². The van der Waals surface area contributed by atoms with Gasteiger partial charge in [0.15, 0.2) is 0 Å². The van der Waals surface area contributed by atoms with Crippen LogP contribution in [0.5, 0.6) is 0 Å². The number of hydrogen-bond donors (Lipinski definition) is 0. The van der Waals surface area contributed by atoms with Crippen LogP contribution in [0.25, 0.3) is 4.91 Å². The number of benzene rings is 4. The van der Waals surface area contributed by atoms with E-state index in [9.17, 15) is 0 Å². The summed E-state index contributed by atoms with van der Waals surface area (Å²) in [5.41, 5.74) is 2.57. The van der Waals surface area contributed by atoms with Crippen LogP contribution in [0.1, 0.15) is 11.1 Å². The zero-order chi connectivity index (χ0) is 19.9. The first-order valence-electron chi connectivity index (χ1n) is 9.64.